The van der Waals surface area contributed by atoms with Crippen molar-refractivity contribution in [3.05, 3.63) is 54.2 Å². The van der Waals surface area contributed by atoms with E-state index < -0.39 is 0 Å². The van der Waals surface area contributed by atoms with E-state index in [9.17, 15) is 4.79 Å². The Morgan fingerprint density at radius 1 is 1.12 bits per heavy atom. The van der Waals surface area contributed by atoms with Crippen molar-refractivity contribution in [2.75, 3.05) is 39.2 Å². The molecule has 1 amide bonds. The third-order valence-electron chi connectivity index (χ3n) is 5.79. The van der Waals surface area contributed by atoms with Gasteiger partial charge in [0.15, 0.2) is 0 Å². The smallest absolute Gasteiger partial charge is 0.245 e. The average Bonchev–Trinajstić information content (AvgIpc) is 3.24. The van der Waals surface area contributed by atoms with Gasteiger partial charge >= 0.3 is 0 Å². The van der Waals surface area contributed by atoms with Crippen molar-refractivity contribution in [1.29, 1.82) is 0 Å². The predicted molar refractivity (Wildman–Crippen MR) is 125 cm³/mol. The fourth-order valence-electron chi connectivity index (χ4n) is 4.06. The molecular formula is C23H24N8O3. The molecule has 0 unspecified atom stereocenters. The molecule has 0 atom stereocenters. The van der Waals surface area contributed by atoms with Gasteiger partial charge in [-0.1, -0.05) is 12.1 Å². The number of benzene rings is 1. The number of aromatic nitrogens is 5. The number of carbonyl (C=O) groups is 1. The number of anilines is 2. The van der Waals surface area contributed by atoms with E-state index in [1.165, 1.54) is 12.7 Å². The number of nitrogens with two attached hydrogens (primary N) is 1. The van der Waals surface area contributed by atoms with Crippen LogP contribution >= 0.6 is 0 Å². The highest BCUT2D eigenvalue weighted by atomic mass is 16.5. The highest BCUT2D eigenvalue weighted by molar-refractivity contribution is 5.76. The molecule has 1 aromatic carbocycles. The molecule has 0 radical (unpaired) electrons. The van der Waals surface area contributed by atoms with E-state index in [-0.39, 0.29) is 5.91 Å². The molecule has 174 valence electrons. The molecule has 11 heteroatoms. The van der Waals surface area contributed by atoms with Gasteiger partial charge in [0.25, 0.3) is 0 Å². The number of ether oxygens (including phenoxy) is 2. The number of rotatable bonds is 8. The molecule has 1 aliphatic rings. The summed E-state index contributed by atoms with van der Waals surface area (Å²) in [5.41, 5.74) is 9.64. The first-order valence-electron chi connectivity index (χ1n) is 10.7. The zero-order chi connectivity index (χ0) is 23.7. The number of fused-ring (bicyclic) bond motifs is 1. The Balaban J connectivity index is 1.35. The number of primary amides is 1. The summed E-state index contributed by atoms with van der Waals surface area (Å²) >= 11 is 0. The summed E-state index contributed by atoms with van der Waals surface area (Å²) < 4.78 is 12.4. The second-order valence-corrected chi connectivity index (χ2v) is 8.05. The van der Waals surface area contributed by atoms with Crippen LogP contribution in [0.4, 0.5) is 11.6 Å². The molecule has 0 spiro atoms. The molecule has 4 aromatic rings. The van der Waals surface area contributed by atoms with Crippen molar-refractivity contribution >= 4 is 23.1 Å². The fourth-order valence-corrected chi connectivity index (χ4v) is 4.06. The summed E-state index contributed by atoms with van der Waals surface area (Å²) in [6, 6.07) is 13.7. The second-order valence-electron chi connectivity index (χ2n) is 8.05. The highest BCUT2D eigenvalue weighted by Crippen LogP contribution is 2.31. The number of amides is 1. The van der Waals surface area contributed by atoms with E-state index in [1.54, 1.807) is 23.9 Å². The summed E-state index contributed by atoms with van der Waals surface area (Å²) in [6.07, 6.45) is 1.74. The number of methoxy groups -OCH3 is 2. The van der Waals surface area contributed by atoms with E-state index in [0.29, 0.717) is 35.7 Å². The van der Waals surface area contributed by atoms with Gasteiger partial charge < -0.3 is 20.5 Å². The Hall–Kier alpha value is -4.25. The van der Waals surface area contributed by atoms with Gasteiger partial charge in [0.05, 0.1) is 43.7 Å². The molecule has 34 heavy (non-hydrogen) atoms. The number of carbonyl (C=O) groups excluding carboxylic acids is 1. The zero-order valence-electron chi connectivity index (χ0n) is 18.8. The number of likely N-dealkylation sites (tertiary alicyclic amines) is 1. The summed E-state index contributed by atoms with van der Waals surface area (Å²) in [6.45, 7) is 1.99. The van der Waals surface area contributed by atoms with Gasteiger partial charge in [-0.25, -0.2) is 9.50 Å². The molecule has 0 saturated carbocycles. The van der Waals surface area contributed by atoms with E-state index in [2.05, 4.69) is 37.7 Å². The minimum Gasteiger partial charge on any atom is -0.480 e. The van der Waals surface area contributed by atoms with Crippen LogP contribution < -0.4 is 20.5 Å². The monoisotopic (exact) mass is 460 g/mol. The normalized spacial score (nSPS) is 14.1. The largest absolute Gasteiger partial charge is 0.480 e. The van der Waals surface area contributed by atoms with Crippen LogP contribution in [0.2, 0.25) is 0 Å². The predicted octanol–water partition coefficient (Wildman–Crippen LogP) is 1.83. The van der Waals surface area contributed by atoms with Gasteiger partial charge in [-0.3, -0.25) is 9.69 Å². The van der Waals surface area contributed by atoms with Crippen LogP contribution in [0, 0.1) is 0 Å². The number of nitrogens with one attached hydrogen (secondary N) is 1. The molecule has 3 N–H and O–H groups in total. The molecule has 1 aliphatic heterocycles. The fraction of sp³-hybridized carbons (Fsp3) is 0.261. The number of hydrogen-bond acceptors (Lipinski definition) is 9. The Bertz CT molecular complexity index is 1330. The van der Waals surface area contributed by atoms with Crippen LogP contribution in [0.1, 0.15) is 11.5 Å². The van der Waals surface area contributed by atoms with Crippen molar-refractivity contribution in [3.63, 3.8) is 0 Å². The van der Waals surface area contributed by atoms with Crippen LogP contribution in [-0.4, -0.2) is 69.5 Å². The third kappa shape index (κ3) is 4.20. The highest BCUT2D eigenvalue weighted by Gasteiger charge is 2.28. The van der Waals surface area contributed by atoms with Crippen LogP contribution in [0.15, 0.2) is 48.7 Å². The first-order valence-corrected chi connectivity index (χ1v) is 10.7. The molecule has 1 fully saturated rings. The lowest BCUT2D eigenvalue weighted by molar-refractivity contribution is -0.120. The summed E-state index contributed by atoms with van der Waals surface area (Å²) in [5, 5.41) is 16.0. The average molecular weight is 460 g/mol. The van der Waals surface area contributed by atoms with E-state index in [0.717, 1.165) is 30.0 Å². The molecule has 11 nitrogen and oxygen atoms in total. The first kappa shape index (κ1) is 21.6. The minimum absolute atomic E-state index is 0.293. The maximum Gasteiger partial charge on any atom is 0.245 e. The van der Waals surface area contributed by atoms with Crippen molar-refractivity contribution in [2.45, 2.75) is 5.92 Å². The van der Waals surface area contributed by atoms with Crippen LogP contribution in [0.3, 0.4) is 0 Å². The van der Waals surface area contributed by atoms with E-state index in [1.807, 2.05) is 29.2 Å². The van der Waals surface area contributed by atoms with Crippen LogP contribution in [0.25, 0.3) is 16.8 Å². The molecule has 4 heterocycles. The SMILES string of the molecule is COc1cc(-c2ccc3cnc(Nc4ccc(C5CN(CC(N)=O)C5)cc4)nn23)c(OC)nn1. The number of hydrogen-bond donors (Lipinski definition) is 2. The molecule has 0 bridgehead atoms. The first-order chi connectivity index (χ1) is 16.5. The topological polar surface area (TPSA) is 133 Å². The second kappa shape index (κ2) is 8.94. The molecule has 0 aliphatic carbocycles. The van der Waals surface area contributed by atoms with Gasteiger partial charge in [0.2, 0.25) is 23.6 Å². The Labute approximate surface area is 195 Å². The standard InChI is InChI=1S/C23H24N8O3/c1-33-21-9-18(22(34-2)28-27-21)19-8-7-17-10-25-23(29-31(17)19)26-16-5-3-14(4-6-16)15-11-30(12-15)13-20(24)32/h3-10,15H,11-13H2,1-2H3,(H2,24,32)(H,26,29). The van der Waals surface area contributed by atoms with Gasteiger partial charge in [-0.05, 0) is 29.8 Å². The Kier molecular flexibility index (Phi) is 5.68. The maximum atomic E-state index is 11.0. The Morgan fingerprint density at radius 3 is 2.62 bits per heavy atom. The van der Waals surface area contributed by atoms with Crippen LogP contribution in [-0.2, 0) is 4.79 Å². The van der Waals surface area contributed by atoms with Gasteiger partial charge in [-0.15, -0.1) is 15.3 Å². The Morgan fingerprint density at radius 2 is 1.91 bits per heavy atom. The van der Waals surface area contributed by atoms with Gasteiger partial charge in [0, 0.05) is 30.8 Å². The summed E-state index contributed by atoms with van der Waals surface area (Å²) in [5.74, 6) is 1.31. The third-order valence-corrected chi connectivity index (χ3v) is 5.79. The van der Waals surface area contributed by atoms with Crippen LogP contribution in [0.5, 0.6) is 11.8 Å². The summed E-state index contributed by atoms with van der Waals surface area (Å²) in [7, 11) is 3.08. The molecule has 3 aromatic heterocycles. The molecular weight excluding hydrogens is 436 g/mol. The lowest BCUT2D eigenvalue weighted by Crippen LogP contribution is -2.48. The van der Waals surface area contributed by atoms with E-state index >= 15 is 0 Å². The molecule has 1 saturated heterocycles. The lowest BCUT2D eigenvalue weighted by atomic mass is 9.91. The minimum atomic E-state index is -0.293. The molecule has 5 rings (SSSR count). The number of nitrogens with zero attached hydrogens (tertiary/aromatic N) is 6. The lowest BCUT2D eigenvalue weighted by Gasteiger charge is -2.38. The zero-order valence-corrected chi connectivity index (χ0v) is 18.8. The summed E-state index contributed by atoms with van der Waals surface area (Å²) in [4.78, 5) is 17.5. The van der Waals surface area contributed by atoms with Crippen molar-refractivity contribution in [1.82, 2.24) is 29.7 Å². The van der Waals surface area contributed by atoms with Crippen molar-refractivity contribution < 1.29 is 14.3 Å². The van der Waals surface area contributed by atoms with E-state index in [4.69, 9.17) is 15.2 Å². The van der Waals surface area contributed by atoms with Crippen molar-refractivity contribution in [2.24, 2.45) is 5.73 Å². The van der Waals surface area contributed by atoms with Gasteiger partial charge in [-0.2, -0.15) is 0 Å². The quantitative estimate of drug-likeness (QED) is 0.404. The maximum absolute atomic E-state index is 11.0. The van der Waals surface area contributed by atoms with Crippen molar-refractivity contribution in [3.8, 4) is 23.0 Å². The van der Waals surface area contributed by atoms with Gasteiger partial charge in [0.1, 0.15) is 0 Å².